The van der Waals surface area contributed by atoms with Crippen LogP contribution in [0.1, 0.15) is 154 Å². The van der Waals surface area contributed by atoms with E-state index < -0.39 is 11.9 Å². The van der Waals surface area contributed by atoms with Gasteiger partial charge in [-0.2, -0.15) is 0 Å². The van der Waals surface area contributed by atoms with Gasteiger partial charge in [-0.05, 0) is 70.9 Å². The van der Waals surface area contributed by atoms with Crippen molar-refractivity contribution in [3.05, 3.63) is 48.0 Å². The van der Waals surface area contributed by atoms with Gasteiger partial charge in [-0.1, -0.05) is 121 Å². The number of benzene rings is 1. The fourth-order valence-corrected chi connectivity index (χ4v) is 5.56. The van der Waals surface area contributed by atoms with Gasteiger partial charge < -0.3 is 19.5 Å². The van der Waals surface area contributed by atoms with E-state index in [2.05, 4.69) is 44.9 Å². The highest BCUT2D eigenvalue weighted by molar-refractivity contribution is 5.76. The fraction of sp³-hybridized carbons (Fsp3) is 0.737. The number of ether oxygens (including phenoxy) is 1. The lowest BCUT2D eigenvalue weighted by Crippen LogP contribution is -2.42. The van der Waals surface area contributed by atoms with Crippen LogP contribution in [0.2, 0.25) is 0 Å². The first kappa shape index (κ1) is 41.0. The molecule has 0 bridgehead atoms. The van der Waals surface area contributed by atoms with Gasteiger partial charge in [-0.15, -0.1) is 0 Å². The number of rotatable bonds is 21. The maximum Gasteiger partial charge on any atom is 0.313 e. The van der Waals surface area contributed by atoms with Crippen LogP contribution in [0.25, 0.3) is 0 Å². The van der Waals surface area contributed by atoms with E-state index in [0.29, 0.717) is 0 Å². The molecule has 0 radical (unpaired) electrons. The predicted molar refractivity (Wildman–Crippen MR) is 184 cm³/mol. The van der Waals surface area contributed by atoms with E-state index in [1.807, 2.05) is 18.2 Å². The average molecular weight is 602 g/mol. The lowest BCUT2D eigenvalue weighted by Gasteiger charge is -2.37. The number of aliphatic carboxylic acids is 1. The van der Waals surface area contributed by atoms with Gasteiger partial charge in [0.15, 0.2) is 0 Å². The molecule has 0 aromatic heterocycles. The first-order chi connectivity index (χ1) is 20.9. The molecule has 1 aliphatic rings. The SMILES string of the molecule is CCCC1CCCC(C)N1C.CCCCCCCCCCC/C=C\CCCCC=O.COCC(C(=O)O)c1ccccc1. The van der Waals surface area contributed by atoms with Crippen LogP contribution in [0.3, 0.4) is 0 Å². The van der Waals surface area contributed by atoms with Gasteiger partial charge in [-0.3, -0.25) is 4.79 Å². The fourth-order valence-electron chi connectivity index (χ4n) is 5.56. The lowest BCUT2D eigenvalue weighted by atomic mass is 9.94. The van der Waals surface area contributed by atoms with Crippen molar-refractivity contribution in [3.63, 3.8) is 0 Å². The van der Waals surface area contributed by atoms with Crippen LogP contribution in [0, 0.1) is 0 Å². The number of carboxylic acid groups (broad SMARTS) is 1. The van der Waals surface area contributed by atoms with E-state index in [1.165, 1.54) is 103 Å². The molecular weight excluding hydrogens is 534 g/mol. The maximum absolute atomic E-state index is 10.8. The Bertz CT molecular complexity index is 779. The van der Waals surface area contributed by atoms with Crippen molar-refractivity contribution in [1.29, 1.82) is 0 Å². The third-order valence-corrected chi connectivity index (χ3v) is 8.47. The summed E-state index contributed by atoms with van der Waals surface area (Å²) < 4.78 is 4.84. The van der Waals surface area contributed by atoms with Crippen molar-refractivity contribution in [3.8, 4) is 0 Å². The van der Waals surface area contributed by atoms with E-state index in [-0.39, 0.29) is 6.61 Å². The van der Waals surface area contributed by atoms with E-state index in [9.17, 15) is 9.59 Å². The lowest BCUT2D eigenvalue weighted by molar-refractivity contribution is -0.140. The van der Waals surface area contributed by atoms with Gasteiger partial charge in [0.25, 0.3) is 0 Å². The molecule has 248 valence electrons. The number of carbonyl (C=O) groups is 2. The number of nitrogens with zero attached hydrogens (tertiary/aromatic N) is 1. The Hall–Kier alpha value is -1.98. The maximum atomic E-state index is 10.8. The summed E-state index contributed by atoms with van der Waals surface area (Å²) in [5.41, 5.74) is 0.775. The Balaban J connectivity index is 0.000000641. The van der Waals surface area contributed by atoms with Crippen LogP contribution in [-0.2, 0) is 14.3 Å². The minimum Gasteiger partial charge on any atom is -0.481 e. The monoisotopic (exact) mass is 602 g/mol. The van der Waals surface area contributed by atoms with Gasteiger partial charge in [0.2, 0.25) is 0 Å². The minimum atomic E-state index is -0.854. The van der Waals surface area contributed by atoms with Crippen molar-refractivity contribution >= 4 is 12.3 Å². The van der Waals surface area contributed by atoms with E-state index in [4.69, 9.17) is 9.84 Å². The molecule has 3 atom stereocenters. The van der Waals surface area contributed by atoms with Crippen molar-refractivity contribution < 1.29 is 19.4 Å². The highest BCUT2D eigenvalue weighted by Crippen LogP contribution is 2.23. The predicted octanol–water partition coefficient (Wildman–Crippen LogP) is 10.4. The summed E-state index contributed by atoms with van der Waals surface area (Å²) in [6, 6.07) is 10.8. The summed E-state index contributed by atoms with van der Waals surface area (Å²) in [5, 5.41) is 8.88. The van der Waals surface area contributed by atoms with Gasteiger partial charge in [0.05, 0.1) is 6.61 Å². The molecule has 0 aliphatic carbocycles. The van der Waals surface area contributed by atoms with E-state index in [1.54, 1.807) is 12.1 Å². The summed E-state index contributed by atoms with van der Waals surface area (Å²) in [6.07, 6.45) is 30.6. The summed E-state index contributed by atoms with van der Waals surface area (Å²) in [4.78, 5) is 23.5. The summed E-state index contributed by atoms with van der Waals surface area (Å²) in [7, 11) is 3.78. The third kappa shape index (κ3) is 23.1. The van der Waals surface area contributed by atoms with Crippen LogP contribution in [0.5, 0.6) is 0 Å². The summed E-state index contributed by atoms with van der Waals surface area (Å²) in [5.74, 6) is -1.42. The van der Waals surface area contributed by atoms with Crippen molar-refractivity contribution in [2.45, 2.75) is 161 Å². The minimum absolute atomic E-state index is 0.208. The van der Waals surface area contributed by atoms with Gasteiger partial charge in [0.1, 0.15) is 12.2 Å². The van der Waals surface area contributed by atoms with Gasteiger partial charge >= 0.3 is 5.97 Å². The molecule has 3 unspecified atom stereocenters. The largest absolute Gasteiger partial charge is 0.481 e. The molecule has 5 nitrogen and oxygen atoms in total. The molecule has 1 saturated heterocycles. The Kier molecular flexibility index (Phi) is 28.7. The van der Waals surface area contributed by atoms with Crippen LogP contribution in [0.15, 0.2) is 42.5 Å². The molecular formula is C38H67NO4. The molecule has 1 aliphatic heterocycles. The molecule has 0 saturated carbocycles. The summed E-state index contributed by atoms with van der Waals surface area (Å²) >= 11 is 0. The third-order valence-electron chi connectivity index (χ3n) is 8.47. The zero-order chi connectivity index (χ0) is 32.0. The molecule has 2 rings (SSSR count). The van der Waals surface area contributed by atoms with E-state index in [0.717, 1.165) is 49.6 Å². The number of hydrogen-bond donors (Lipinski definition) is 1. The number of unbranched alkanes of at least 4 members (excludes halogenated alkanes) is 12. The quantitative estimate of drug-likeness (QED) is 0.0862. The molecule has 1 heterocycles. The average Bonchev–Trinajstić information content (AvgIpc) is 3.01. The van der Waals surface area contributed by atoms with Gasteiger partial charge in [-0.25, -0.2) is 0 Å². The smallest absolute Gasteiger partial charge is 0.313 e. The topological polar surface area (TPSA) is 66.8 Å². The normalized spacial score (nSPS) is 17.4. The molecule has 43 heavy (non-hydrogen) atoms. The number of methoxy groups -OCH3 is 1. The van der Waals surface area contributed by atoms with Gasteiger partial charge in [0, 0.05) is 25.6 Å². The first-order valence-corrected chi connectivity index (χ1v) is 17.5. The van der Waals surface area contributed by atoms with Crippen LogP contribution in [0.4, 0.5) is 0 Å². The number of allylic oxidation sites excluding steroid dienone is 2. The number of carbonyl (C=O) groups excluding carboxylic acids is 1. The highest BCUT2D eigenvalue weighted by Gasteiger charge is 2.23. The molecule has 0 amide bonds. The van der Waals surface area contributed by atoms with Crippen molar-refractivity contribution in [2.75, 3.05) is 20.8 Å². The molecule has 1 aromatic carbocycles. The second-order valence-corrected chi connectivity index (χ2v) is 12.2. The van der Waals surface area contributed by atoms with E-state index >= 15 is 0 Å². The highest BCUT2D eigenvalue weighted by atomic mass is 16.5. The molecule has 1 aromatic rings. The number of hydrogen-bond acceptors (Lipinski definition) is 4. The molecule has 5 heteroatoms. The molecule has 0 spiro atoms. The first-order valence-electron chi connectivity index (χ1n) is 17.5. The standard InChI is InChI=1S/C18H34O.C10H21N.C10H12O3/c1-2-3-4-5-6-7-8-9-10-11-12-13-14-15-16-17-18-19;1-4-6-10-8-5-7-9(2)11(10)3;1-13-7-9(10(11)12)8-5-3-2-4-6-8/h12-13,18H,2-11,14-17H2,1H3;9-10H,4-8H2,1-3H3;2-6,9H,7H2,1H3,(H,11,12)/b13-12-;;. The Morgan fingerprint density at radius 1 is 0.884 bits per heavy atom. The van der Waals surface area contributed by atoms with Crippen molar-refractivity contribution in [1.82, 2.24) is 4.90 Å². The summed E-state index contributed by atoms with van der Waals surface area (Å²) in [6.45, 7) is 7.12. The second kappa shape index (κ2) is 30.1. The van der Waals surface area contributed by atoms with Crippen LogP contribution >= 0.6 is 0 Å². The number of aldehydes is 1. The zero-order valence-corrected chi connectivity index (χ0v) is 28.6. The Morgan fingerprint density at radius 3 is 1.98 bits per heavy atom. The van der Waals surface area contributed by atoms with Crippen LogP contribution < -0.4 is 0 Å². The number of piperidine rings is 1. The Labute approximate surface area is 265 Å². The Morgan fingerprint density at radius 2 is 1.44 bits per heavy atom. The molecule has 1 fully saturated rings. The number of carboxylic acids is 1. The molecule has 1 N–H and O–H groups in total. The zero-order valence-electron chi connectivity index (χ0n) is 28.6. The second-order valence-electron chi connectivity index (χ2n) is 12.2. The van der Waals surface area contributed by atoms with Crippen LogP contribution in [-0.4, -0.2) is 55.1 Å². The van der Waals surface area contributed by atoms with Crippen molar-refractivity contribution in [2.24, 2.45) is 0 Å². The number of likely N-dealkylation sites (tertiary alicyclic amines) is 1.